The molecule has 0 aliphatic carbocycles. The minimum atomic E-state index is -1.19. The molecule has 1 atom stereocenters. The quantitative estimate of drug-likeness (QED) is 0.243. The van der Waals surface area contributed by atoms with Crippen LogP contribution in [0.25, 0.3) is 0 Å². The van der Waals surface area contributed by atoms with E-state index in [4.69, 9.17) is 10.5 Å². The summed E-state index contributed by atoms with van der Waals surface area (Å²) in [6, 6.07) is 5.84. The van der Waals surface area contributed by atoms with Crippen LogP contribution in [0.2, 0.25) is 0 Å². The Balaban J connectivity index is 2.16. The number of carbonyl (C=O) groups excluding carboxylic acids is 2. The minimum absolute atomic E-state index is 0.0488. The normalized spacial score (nSPS) is 11.5. The highest BCUT2D eigenvalue weighted by Crippen LogP contribution is 2.36. The minimum Gasteiger partial charge on any atom is -0.506 e. The van der Waals surface area contributed by atoms with Crippen LogP contribution in [0.3, 0.4) is 0 Å². The van der Waals surface area contributed by atoms with Crippen molar-refractivity contribution >= 4 is 108 Å². The molecule has 9 nitrogen and oxygen atoms in total. The molecule has 2 rings (SSSR count). The molecule has 32 heavy (non-hydrogen) atoms. The second-order valence-corrected chi connectivity index (χ2v) is 11.0. The molecule has 0 saturated carbocycles. The summed E-state index contributed by atoms with van der Waals surface area (Å²) in [5.41, 5.74) is 5.85. The predicted molar refractivity (Wildman–Crippen MR) is 151 cm³/mol. The number of amides is 2. The van der Waals surface area contributed by atoms with E-state index >= 15 is 0 Å². The summed E-state index contributed by atoms with van der Waals surface area (Å²) in [6.07, 6.45) is 0.0488. The molecule has 0 heterocycles. The molecule has 0 fully saturated rings. The van der Waals surface area contributed by atoms with Crippen LogP contribution in [0.15, 0.2) is 24.3 Å². The van der Waals surface area contributed by atoms with Crippen LogP contribution in [-0.2, 0) is 20.8 Å². The first-order valence-corrected chi connectivity index (χ1v) is 13.2. The van der Waals surface area contributed by atoms with Crippen LogP contribution in [0.4, 0.5) is 0 Å². The summed E-state index contributed by atoms with van der Waals surface area (Å²) < 4.78 is 8.86. The van der Waals surface area contributed by atoms with E-state index in [0.717, 1.165) is 7.14 Å². The van der Waals surface area contributed by atoms with Crippen molar-refractivity contribution in [3.8, 4) is 17.2 Å². The number of aromatic hydroxyl groups is 1. The third kappa shape index (κ3) is 7.97. The highest BCUT2D eigenvalue weighted by atomic mass is 127. The molecule has 0 aromatic heterocycles. The van der Waals surface area contributed by atoms with E-state index in [-0.39, 0.29) is 25.3 Å². The van der Waals surface area contributed by atoms with Crippen molar-refractivity contribution in [2.45, 2.75) is 12.5 Å². The summed E-state index contributed by atoms with van der Waals surface area (Å²) in [6.45, 7) is -0.616. The number of ether oxygens (including phenoxy) is 1. The summed E-state index contributed by atoms with van der Waals surface area (Å²) >= 11 is 8.25. The van der Waals surface area contributed by atoms with E-state index in [1.807, 2.05) is 45.2 Å². The Hall–Kier alpha value is -0.670. The lowest BCUT2D eigenvalue weighted by atomic mass is 10.1. The topological polar surface area (TPSA) is 151 Å². The van der Waals surface area contributed by atoms with Crippen molar-refractivity contribution in [2.75, 3.05) is 13.1 Å². The maximum absolute atomic E-state index is 12.0. The van der Waals surface area contributed by atoms with Crippen LogP contribution in [0, 0.1) is 14.3 Å². The number of hydrogen-bond acceptors (Lipinski definition) is 6. The van der Waals surface area contributed by atoms with Crippen LogP contribution in [0.1, 0.15) is 5.56 Å². The number of hydrogen-bond donors (Lipinski definition) is 5. The Labute approximate surface area is 238 Å². The largest absolute Gasteiger partial charge is 0.506 e. The lowest BCUT2D eigenvalue weighted by Gasteiger charge is -2.17. The zero-order valence-corrected chi connectivity index (χ0v) is 24.8. The van der Waals surface area contributed by atoms with Crippen molar-refractivity contribution in [2.24, 2.45) is 5.73 Å². The molecular formula is C19H17I4N3O6. The van der Waals surface area contributed by atoms with Gasteiger partial charge < -0.3 is 31.3 Å². The first-order valence-electron chi connectivity index (χ1n) is 8.84. The summed E-state index contributed by atoms with van der Waals surface area (Å²) in [4.78, 5) is 34.8. The fourth-order valence-corrected chi connectivity index (χ4v) is 6.31. The van der Waals surface area contributed by atoms with Crippen molar-refractivity contribution in [1.82, 2.24) is 10.6 Å². The van der Waals surface area contributed by atoms with E-state index in [0.29, 0.717) is 24.2 Å². The number of phenolic OH excluding ortho intramolecular Hbond substituents is 1. The van der Waals surface area contributed by atoms with Gasteiger partial charge in [0, 0.05) is 6.42 Å². The third-order valence-corrected chi connectivity index (χ3v) is 7.22. The van der Waals surface area contributed by atoms with Crippen molar-refractivity contribution in [3.05, 3.63) is 44.1 Å². The number of nitrogens with one attached hydrogen (secondary N) is 2. The number of carboxylic acids is 1. The lowest BCUT2D eigenvalue weighted by molar-refractivity contribution is -0.141. The number of nitrogens with two attached hydrogens (primary N) is 1. The summed E-state index contributed by atoms with van der Waals surface area (Å²) in [5.74, 6) is -0.961. The van der Waals surface area contributed by atoms with E-state index in [9.17, 15) is 24.6 Å². The number of benzene rings is 2. The van der Waals surface area contributed by atoms with Gasteiger partial charge in [-0.2, -0.15) is 0 Å². The van der Waals surface area contributed by atoms with Gasteiger partial charge >= 0.3 is 5.97 Å². The zero-order valence-electron chi connectivity index (χ0n) is 16.1. The molecule has 2 aromatic rings. The van der Waals surface area contributed by atoms with E-state index in [1.165, 1.54) is 0 Å². The fourth-order valence-electron chi connectivity index (χ4n) is 2.48. The molecule has 0 aliphatic rings. The molecule has 172 valence electrons. The molecular weight excluding hydrogens is 874 g/mol. The molecule has 0 unspecified atom stereocenters. The Morgan fingerprint density at radius 2 is 1.53 bits per heavy atom. The van der Waals surface area contributed by atoms with E-state index in [2.05, 4.69) is 55.8 Å². The van der Waals surface area contributed by atoms with Crippen LogP contribution in [-0.4, -0.2) is 47.1 Å². The molecule has 6 N–H and O–H groups in total. The third-order valence-electron chi connectivity index (χ3n) is 3.97. The molecule has 2 amide bonds. The number of phenols is 1. The molecule has 0 spiro atoms. The molecule has 0 saturated heterocycles. The average molecular weight is 891 g/mol. The number of rotatable bonds is 9. The summed E-state index contributed by atoms with van der Waals surface area (Å²) in [5, 5.41) is 24.1. The van der Waals surface area contributed by atoms with Gasteiger partial charge in [-0.15, -0.1) is 0 Å². The smallest absolute Gasteiger partial charge is 0.326 e. The molecule has 0 radical (unpaired) electrons. The van der Waals surface area contributed by atoms with Crippen molar-refractivity contribution in [1.29, 1.82) is 0 Å². The Morgan fingerprint density at radius 3 is 2.03 bits per heavy atom. The Morgan fingerprint density at radius 1 is 0.969 bits per heavy atom. The van der Waals surface area contributed by atoms with Gasteiger partial charge in [0.1, 0.15) is 17.5 Å². The van der Waals surface area contributed by atoms with Gasteiger partial charge in [0.2, 0.25) is 11.8 Å². The van der Waals surface area contributed by atoms with Gasteiger partial charge in [-0.05, 0) is 120 Å². The van der Waals surface area contributed by atoms with Gasteiger partial charge in [0.05, 0.1) is 27.4 Å². The van der Waals surface area contributed by atoms with Gasteiger partial charge in [-0.3, -0.25) is 9.59 Å². The second kappa shape index (κ2) is 12.7. The SMILES string of the molecule is NCC(=O)NCC(=O)N[C@@H](Cc1cc(I)c(Oc2cc(I)c(O)c(I)c2)c(I)c1)C(=O)O. The predicted octanol–water partition coefficient (Wildman–Crippen LogP) is 2.79. The van der Waals surface area contributed by atoms with Crippen molar-refractivity contribution in [3.63, 3.8) is 0 Å². The number of carbonyl (C=O) groups is 3. The highest BCUT2D eigenvalue weighted by Gasteiger charge is 2.22. The van der Waals surface area contributed by atoms with Gasteiger partial charge in [-0.25, -0.2) is 4.79 Å². The zero-order chi connectivity index (χ0) is 24.0. The van der Waals surface area contributed by atoms with Crippen LogP contribution in [0.5, 0.6) is 17.2 Å². The van der Waals surface area contributed by atoms with Gasteiger partial charge in [-0.1, -0.05) is 0 Å². The second-order valence-electron chi connectivity index (χ2n) is 6.37. The maximum Gasteiger partial charge on any atom is 0.326 e. The maximum atomic E-state index is 12.0. The van der Waals surface area contributed by atoms with E-state index < -0.39 is 23.8 Å². The van der Waals surface area contributed by atoms with Crippen LogP contribution < -0.4 is 21.1 Å². The van der Waals surface area contributed by atoms with Crippen LogP contribution >= 0.6 is 90.4 Å². The highest BCUT2D eigenvalue weighted by molar-refractivity contribution is 14.1. The summed E-state index contributed by atoms with van der Waals surface area (Å²) in [7, 11) is 0. The number of aliphatic carboxylic acids is 1. The van der Waals surface area contributed by atoms with Crippen molar-refractivity contribution < 1.29 is 29.3 Å². The molecule has 2 aromatic carbocycles. The molecule has 0 bridgehead atoms. The number of carboxylic acid groups (broad SMARTS) is 1. The van der Waals surface area contributed by atoms with Gasteiger partial charge in [0.25, 0.3) is 0 Å². The molecule has 0 aliphatic heterocycles. The lowest BCUT2D eigenvalue weighted by Crippen LogP contribution is -2.47. The monoisotopic (exact) mass is 891 g/mol. The van der Waals surface area contributed by atoms with E-state index in [1.54, 1.807) is 24.3 Å². The number of halogens is 4. The first kappa shape index (κ1) is 27.6. The average Bonchev–Trinajstić information content (AvgIpc) is 2.72. The molecule has 13 heteroatoms. The Bertz CT molecular complexity index is 1000. The first-order chi connectivity index (χ1) is 15.0. The van der Waals surface area contributed by atoms with Gasteiger partial charge in [0.15, 0.2) is 5.75 Å². The Kier molecular flexibility index (Phi) is 10.9. The fraction of sp³-hybridized carbons (Fsp3) is 0.211. The standard InChI is InChI=1S/C19H17I4N3O6/c20-10-4-9(5-11(21)17(10)29)32-18-12(22)1-8(2-13(18)23)3-14(19(30)31)26-16(28)7-25-15(27)6-24/h1-2,4-5,14,29H,3,6-7,24H2,(H,25,27)(H,26,28)(H,30,31)/t14-/m0/s1.